The van der Waals surface area contributed by atoms with Gasteiger partial charge in [-0.2, -0.15) is 0 Å². The molecule has 8 N–H and O–H groups in total. The molecule has 190 valence electrons. The van der Waals surface area contributed by atoms with Gasteiger partial charge in [0.1, 0.15) is 18.1 Å². The van der Waals surface area contributed by atoms with Crippen LogP contribution in [0.1, 0.15) is 52.0 Å². The molecule has 4 unspecified atom stereocenters. The molecule has 0 heterocycles. The molecule has 10 heteroatoms. The van der Waals surface area contributed by atoms with Crippen molar-refractivity contribution in [1.29, 1.82) is 0 Å². The highest BCUT2D eigenvalue weighted by Crippen LogP contribution is 2.07. The van der Waals surface area contributed by atoms with Crippen LogP contribution in [0.2, 0.25) is 0 Å². The number of carboxylic acid groups (broad SMARTS) is 1. The third-order valence-corrected chi connectivity index (χ3v) is 5.29. The summed E-state index contributed by atoms with van der Waals surface area (Å²) in [5, 5.41) is 17.3. The van der Waals surface area contributed by atoms with Gasteiger partial charge in [0.05, 0.1) is 6.04 Å². The topological polar surface area (TPSA) is 177 Å². The van der Waals surface area contributed by atoms with E-state index < -0.39 is 47.9 Å². The first-order chi connectivity index (χ1) is 16.0. The lowest BCUT2D eigenvalue weighted by Crippen LogP contribution is -2.56. The van der Waals surface area contributed by atoms with E-state index in [9.17, 15) is 24.3 Å². The average Bonchev–Trinajstić information content (AvgIpc) is 2.77. The number of carboxylic acids is 1. The lowest BCUT2D eigenvalue weighted by molar-refractivity contribution is -0.142. The van der Waals surface area contributed by atoms with Crippen LogP contribution < -0.4 is 27.4 Å². The maximum atomic E-state index is 12.9. The molecule has 3 amide bonds. The zero-order valence-corrected chi connectivity index (χ0v) is 20.3. The first kappa shape index (κ1) is 29.1. The maximum Gasteiger partial charge on any atom is 0.326 e. The molecule has 0 bridgehead atoms. The molecule has 10 nitrogen and oxygen atoms in total. The van der Waals surface area contributed by atoms with E-state index in [2.05, 4.69) is 16.0 Å². The zero-order chi connectivity index (χ0) is 25.7. The van der Waals surface area contributed by atoms with Gasteiger partial charge in [-0.15, -0.1) is 0 Å². The van der Waals surface area contributed by atoms with Crippen LogP contribution >= 0.6 is 0 Å². The molecule has 0 aliphatic carbocycles. The summed E-state index contributed by atoms with van der Waals surface area (Å²) in [5.74, 6) is -2.58. The number of hydrogen-bond acceptors (Lipinski definition) is 6. The van der Waals surface area contributed by atoms with E-state index in [0.29, 0.717) is 25.8 Å². The van der Waals surface area contributed by atoms with Crippen LogP contribution in [0.25, 0.3) is 0 Å². The lowest BCUT2D eigenvalue weighted by Gasteiger charge is -2.24. The number of benzene rings is 1. The first-order valence-electron chi connectivity index (χ1n) is 11.7. The highest BCUT2D eigenvalue weighted by atomic mass is 16.4. The van der Waals surface area contributed by atoms with Crippen molar-refractivity contribution in [3.63, 3.8) is 0 Å². The van der Waals surface area contributed by atoms with Gasteiger partial charge in [-0.25, -0.2) is 4.79 Å². The number of rotatable bonds is 15. The van der Waals surface area contributed by atoms with Crippen LogP contribution in [0.3, 0.4) is 0 Å². The fourth-order valence-corrected chi connectivity index (χ4v) is 3.38. The first-order valence-corrected chi connectivity index (χ1v) is 11.7. The largest absolute Gasteiger partial charge is 0.480 e. The molecule has 1 aromatic carbocycles. The summed E-state index contributed by atoms with van der Waals surface area (Å²) in [7, 11) is 0. The number of nitrogens with two attached hydrogens (primary N) is 2. The quantitative estimate of drug-likeness (QED) is 0.197. The van der Waals surface area contributed by atoms with Crippen molar-refractivity contribution < 1.29 is 24.3 Å². The van der Waals surface area contributed by atoms with Crippen molar-refractivity contribution in [2.75, 3.05) is 6.54 Å². The smallest absolute Gasteiger partial charge is 0.326 e. The predicted octanol–water partition coefficient (Wildman–Crippen LogP) is 0.290. The fourth-order valence-electron chi connectivity index (χ4n) is 3.38. The van der Waals surface area contributed by atoms with Crippen molar-refractivity contribution in [2.24, 2.45) is 17.4 Å². The normalized spacial score (nSPS) is 14.5. The Morgan fingerprint density at radius 1 is 0.882 bits per heavy atom. The standard InChI is InChI=1S/C24H39N5O5/c1-15(2)13-18(26)22(31)27-16(3)21(30)28-19(11-7-8-12-25)23(32)29-20(24(33)34)14-17-9-5-4-6-10-17/h4-6,9-10,15-16,18-20H,7-8,11-14,25-26H2,1-3H3,(H,27,31)(H,28,30)(H,29,32)(H,33,34). The molecule has 0 saturated carbocycles. The summed E-state index contributed by atoms with van der Waals surface area (Å²) in [5.41, 5.74) is 12.2. The molecule has 0 fully saturated rings. The molecule has 0 aromatic heterocycles. The Kier molecular flexibility index (Phi) is 12.8. The molecule has 0 aliphatic rings. The summed E-state index contributed by atoms with van der Waals surface area (Å²) in [6.07, 6.45) is 2.06. The molecule has 1 aromatic rings. The molecule has 0 saturated heterocycles. The van der Waals surface area contributed by atoms with Gasteiger partial charge in [0.2, 0.25) is 17.7 Å². The minimum absolute atomic E-state index is 0.103. The summed E-state index contributed by atoms with van der Waals surface area (Å²) in [6, 6.07) is 5.15. The van der Waals surface area contributed by atoms with E-state index in [-0.39, 0.29) is 18.8 Å². The Hall–Kier alpha value is -2.98. The maximum absolute atomic E-state index is 12.9. The third-order valence-electron chi connectivity index (χ3n) is 5.29. The lowest BCUT2D eigenvalue weighted by atomic mass is 10.0. The minimum atomic E-state index is -1.18. The van der Waals surface area contributed by atoms with Gasteiger partial charge in [-0.1, -0.05) is 44.2 Å². The van der Waals surface area contributed by atoms with Crippen molar-refractivity contribution in [1.82, 2.24) is 16.0 Å². The Morgan fingerprint density at radius 3 is 2.06 bits per heavy atom. The summed E-state index contributed by atoms with van der Waals surface area (Å²) in [4.78, 5) is 49.6. The highest BCUT2D eigenvalue weighted by Gasteiger charge is 2.28. The molecular weight excluding hydrogens is 438 g/mol. The van der Waals surface area contributed by atoms with Gasteiger partial charge in [-0.05, 0) is 50.6 Å². The molecule has 0 radical (unpaired) electrons. The Morgan fingerprint density at radius 2 is 1.50 bits per heavy atom. The number of nitrogens with one attached hydrogen (secondary N) is 3. The summed E-state index contributed by atoms with van der Waals surface area (Å²) >= 11 is 0. The Labute approximate surface area is 201 Å². The van der Waals surface area contributed by atoms with E-state index >= 15 is 0 Å². The number of carbonyl (C=O) groups is 4. The number of aliphatic carboxylic acids is 1. The number of unbranched alkanes of at least 4 members (excludes halogenated alkanes) is 1. The van der Waals surface area contributed by atoms with E-state index in [1.165, 1.54) is 6.92 Å². The number of amides is 3. The van der Waals surface area contributed by atoms with E-state index in [4.69, 9.17) is 11.5 Å². The Balaban J connectivity index is 2.82. The number of hydrogen-bond donors (Lipinski definition) is 6. The van der Waals surface area contributed by atoms with Crippen LogP contribution in [0.15, 0.2) is 30.3 Å². The molecule has 34 heavy (non-hydrogen) atoms. The van der Waals surface area contributed by atoms with Crippen molar-refractivity contribution >= 4 is 23.7 Å². The van der Waals surface area contributed by atoms with Crippen LogP contribution in [0.5, 0.6) is 0 Å². The van der Waals surface area contributed by atoms with Gasteiger partial charge < -0.3 is 32.5 Å². The van der Waals surface area contributed by atoms with Crippen molar-refractivity contribution in [3.05, 3.63) is 35.9 Å². The van der Waals surface area contributed by atoms with Crippen LogP contribution in [-0.4, -0.2) is 59.5 Å². The summed E-state index contributed by atoms with van der Waals surface area (Å²) in [6.45, 7) is 5.81. The van der Waals surface area contributed by atoms with E-state index in [0.717, 1.165) is 5.56 Å². The molecular formula is C24H39N5O5. The van der Waals surface area contributed by atoms with Gasteiger partial charge in [-0.3, -0.25) is 14.4 Å². The zero-order valence-electron chi connectivity index (χ0n) is 20.3. The monoisotopic (exact) mass is 477 g/mol. The average molecular weight is 478 g/mol. The van der Waals surface area contributed by atoms with E-state index in [1.807, 2.05) is 19.9 Å². The van der Waals surface area contributed by atoms with Gasteiger partial charge in [0, 0.05) is 6.42 Å². The minimum Gasteiger partial charge on any atom is -0.480 e. The van der Waals surface area contributed by atoms with Gasteiger partial charge in [0.15, 0.2) is 0 Å². The predicted molar refractivity (Wildman–Crippen MR) is 130 cm³/mol. The molecule has 4 atom stereocenters. The van der Waals surface area contributed by atoms with Gasteiger partial charge in [0.25, 0.3) is 0 Å². The second-order valence-corrected chi connectivity index (χ2v) is 8.90. The van der Waals surface area contributed by atoms with Crippen molar-refractivity contribution in [3.8, 4) is 0 Å². The SMILES string of the molecule is CC(C)CC(N)C(=O)NC(C)C(=O)NC(CCCCN)C(=O)NC(Cc1ccccc1)C(=O)O. The third kappa shape index (κ3) is 10.8. The van der Waals surface area contributed by atoms with Crippen molar-refractivity contribution in [2.45, 2.75) is 77.0 Å². The Bertz CT molecular complexity index is 802. The summed E-state index contributed by atoms with van der Waals surface area (Å²) < 4.78 is 0. The van der Waals surface area contributed by atoms with Crippen LogP contribution in [0, 0.1) is 5.92 Å². The molecule has 1 rings (SSSR count). The second-order valence-electron chi connectivity index (χ2n) is 8.90. The highest BCUT2D eigenvalue weighted by molar-refractivity contribution is 5.93. The van der Waals surface area contributed by atoms with Gasteiger partial charge >= 0.3 is 5.97 Å². The molecule has 0 aliphatic heterocycles. The second kappa shape index (κ2) is 15.0. The van der Waals surface area contributed by atoms with Crippen LogP contribution in [-0.2, 0) is 25.6 Å². The molecule has 0 spiro atoms. The fraction of sp³-hybridized carbons (Fsp3) is 0.583. The van der Waals surface area contributed by atoms with Crippen LogP contribution in [0.4, 0.5) is 0 Å². The van der Waals surface area contributed by atoms with E-state index in [1.54, 1.807) is 24.3 Å². The number of carbonyl (C=O) groups excluding carboxylic acids is 3.